The summed E-state index contributed by atoms with van der Waals surface area (Å²) in [5, 5.41) is 7.58. The number of nitrogens with one attached hydrogen (secondary N) is 1. The van der Waals surface area contributed by atoms with Gasteiger partial charge in [-0.15, -0.1) is 5.10 Å². The van der Waals surface area contributed by atoms with E-state index in [4.69, 9.17) is 7.85 Å². The molecule has 4 nitrogen and oxygen atoms in total. The molecule has 2 rings (SSSR count). The van der Waals surface area contributed by atoms with Crippen LogP contribution in [-0.4, -0.2) is 28.7 Å². The van der Waals surface area contributed by atoms with Crippen molar-refractivity contribution in [3.8, 4) is 0 Å². The van der Waals surface area contributed by atoms with E-state index >= 15 is 0 Å². The molecule has 2 radical (unpaired) electrons. The molecule has 0 spiro atoms. The van der Waals surface area contributed by atoms with Crippen molar-refractivity contribution in [3.05, 3.63) is 5.82 Å². The van der Waals surface area contributed by atoms with Gasteiger partial charge in [-0.25, -0.2) is 0 Å². The van der Waals surface area contributed by atoms with Gasteiger partial charge in [0.25, 0.3) is 0 Å². The molecular formula is C14H27BN4. The molecule has 1 heterocycles. The molecule has 1 N–H and O–H groups in total. The maximum atomic E-state index is 6.39. The minimum atomic E-state index is -0.163. The van der Waals surface area contributed by atoms with Gasteiger partial charge < -0.3 is 5.32 Å². The third-order valence-electron chi connectivity index (χ3n) is 3.79. The van der Waals surface area contributed by atoms with Gasteiger partial charge in [-0.2, -0.15) is 4.98 Å². The lowest BCUT2D eigenvalue weighted by Crippen LogP contribution is -2.33. The van der Waals surface area contributed by atoms with Gasteiger partial charge >= 0.3 is 0 Å². The summed E-state index contributed by atoms with van der Waals surface area (Å²) in [6.07, 6.45) is 5.90. The molecule has 2 unspecified atom stereocenters. The van der Waals surface area contributed by atoms with E-state index in [1.807, 2.05) is 27.8 Å². The number of aryl methyl sites for hydroxylation is 2. The summed E-state index contributed by atoms with van der Waals surface area (Å²) in [7, 11) is 8.29. The summed E-state index contributed by atoms with van der Waals surface area (Å²) in [6, 6.07) is 0.270. The Labute approximate surface area is 118 Å². The Morgan fingerprint density at radius 2 is 2.00 bits per heavy atom. The smallest absolute Gasteiger partial charge is 0.242 e. The second kappa shape index (κ2) is 6.97. The molecule has 0 amide bonds. The molecule has 1 fully saturated rings. The number of anilines is 1. The largest absolute Gasteiger partial charge is 0.350 e. The van der Waals surface area contributed by atoms with Gasteiger partial charge in [-0.3, -0.25) is 4.68 Å². The van der Waals surface area contributed by atoms with Gasteiger partial charge in [-0.05, 0) is 18.7 Å². The molecule has 106 valence electrons. The van der Waals surface area contributed by atoms with Crippen LogP contribution in [0, 0.1) is 6.92 Å². The van der Waals surface area contributed by atoms with Crippen LogP contribution in [0.15, 0.2) is 0 Å². The average Bonchev–Trinajstić information content (AvgIpc) is 2.58. The van der Waals surface area contributed by atoms with Gasteiger partial charge in [-0.1, -0.05) is 46.5 Å². The number of aromatic nitrogens is 3. The minimum absolute atomic E-state index is 0.163. The van der Waals surface area contributed by atoms with E-state index in [0.29, 0.717) is 5.95 Å². The Morgan fingerprint density at radius 3 is 2.58 bits per heavy atom. The van der Waals surface area contributed by atoms with Crippen molar-refractivity contribution in [3.63, 3.8) is 0 Å². The molecule has 1 aliphatic rings. The monoisotopic (exact) mass is 262 g/mol. The van der Waals surface area contributed by atoms with Crippen LogP contribution in [0.25, 0.3) is 0 Å². The molecule has 0 saturated heterocycles. The number of rotatable bonds is 2. The summed E-state index contributed by atoms with van der Waals surface area (Å²) in [5.41, 5.74) is 0. The summed E-state index contributed by atoms with van der Waals surface area (Å²) >= 11 is 0. The van der Waals surface area contributed by atoms with Crippen molar-refractivity contribution in [1.29, 1.82) is 0 Å². The topological polar surface area (TPSA) is 42.7 Å². The minimum Gasteiger partial charge on any atom is -0.350 e. The van der Waals surface area contributed by atoms with Crippen LogP contribution in [0.5, 0.6) is 0 Å². The van der Waals surface area contributed by atoms with Crippen molar-refractivity contribution in [2.24, 2.45) is 7.05 Å². The zero-order chi connectivity index (χ0) is 14.5. The molecule has 0 bridgehead atoms. The molecule has 1 aromatic heterocycles. The van der Waals surface area contributed by atoms with E-state index in [0.717, 1.165) is 18.7 Å². The molecule has 1 aliphatic carbocycles. The molecule has 19 heavy (non-hydrogen) atoms. The van der Waals surface area contributed by atoms with Crippen LogP contribution >= 0.6 is 0 Å². The van der Waals surface area contributed by atoms with Crippen molar-refractivity contribution in [1.82, 2.24) is 14.8 Å². The Morgan fingerprint density at radius 1 is 1.32 bits per heavy atom. The average molecular weight is 262 g/mol. The summed E-state index contributed by atoms with van der Waals surface area (Å²) in [6.45, 7) is 8.08. The fourth-order valence-electron chi connectivity index (χ4n) is 2.45. The quantitative estimate of drug-likeness (QED) is 0.657. The number of hydrogen-bond donors (Lipinski definition) is 1. The van der Waals surface area contributed by atoms with Gasteiger partial charge in [0, 0.05) is 13.1 Å². The van der Waals surface area contributed by atoms with E-state index in [2.05, 4.69) is 22.3 Å². The predicted molar refractivity (Wildman–Crippen MR) is 81.7 cm³/mol. The standard InChI is InChI=1S/C12H21BN4.C2H6/c1-9-14-11(16-17(9)3)15-10-7-5-4-6-8-12(10,2)13;1-2/h10H,4-8H2,1-3H3,(H,15,16);1-2H3. The van der Waals surface area contributed by atoms with Crippen LogP contribution in [0.3, 0.4) is 0 Å². The third-order valence-corrected chi connectivity index (χ3v) is 3.79. The van der Waals surface area contributed by atoms with E-state index in [1.165, 1.54) is 19.3 Å². The second-order valence-corrected chi connectivity index (χ2v) is 5.41. The van der Waals surface area contributed by atoms with Gasteiger partial charge in [0.15, 0.2) is 0 Å². The summed E-state index contributed by atoms with van der Waals surface area (Å²) in [4.78, 5) is 4.39. The Balaban J connectivity index is 0.000000861. The third kappa shape index (κ3) is 4.25. The van der Waals surface area contributed by atoms with Crippen LogP contribution in [0.1, 0.15) is 58.7 Å². The van der Waals surface area contributed by atoms with E-state index in [1.54, 1.807) is 4.68 Å². The Kier molecular flexibility index (Phi) is 5.89. The van der Waals surface area contributed by atoms with Gasteiger partial charge in [0.2, 0.25) is 5.95 Å². The first-order chi connectivity index (χ1) is 8.99. The highest BCUT2D eigenvalue weighted by molar-refractivity contribution is 6.15. The highest BCUT2D eigenvalue weighted by Crippen LogP contribution is 2.39. The molecule has 0 aliphatic heterocycles. The molecule has 1 aromatic rings. The second-order valence-electron chi connectivity index (χ2n) is 5.41. The van der Waals surface area contributed by atoms with E-state index in [9.17, 15) is 0 Å². The predicted octanol–water partition coefficient (Wildman–Crippen LogP) is 3.24. The maximum absolute atomic E-state index is 6.39. The summed E-state index contributed by atoms with van der Waals surface area (Å²) < 4.78 is 1.78. The van der Waals surface area contributed by atoms with Crippen LogP contribution in [0.2, 0.25) is 5.31 Å². The first-order valence-electron chi connectivity index (χ1n) is 7.42. The molecular weight excluding hydrogens is 235 g/mol. The van der Waals surface area contributed by atoms with Crippen molar-refractivity contribution < 1.29 is 0 Å². The number of hydrogen-bond acceptors (Lipinski definition) is 3. The van der Waals surface area contributed by atoms with Crippen LogP contribution in [-0.2, 0) is 7.05 Å². The maximum Gasteiger partial charge on any atom is 0.242 e. The number of nitrogens with zero attached hydrogens (tertiary/aromatic N) is 3. The summed E-state index contributed by atoms with van der Waals surface area (Å²) in [5.74, 6) is 1.62. The van der Waals surface area contributed by atoms with E-state index in [-0.39, 0.29) is 11.4 Å². The lowest BCUT2D eigenvalue weighted by Gasteiger charge is -2.33. The van der Waals surface area contributed by atoms with Gasteiger partial charge in [0.1, 0.15) is 5.82 Å². The fourth-order valence-corrected chi connectivity index (χ4v) is 2.45. The van der Waals surface area contributed by atoms with Crippen molar-refractivity contribution in [2.45, 2.75) is 71.2 Å². The lowest BCUT2D eigenvalue weighted by atomic mass is 9.62. The molecule has 2 atom stereocenters. The lowest BCUT2D eigenvalue weighted by molar-refractivity contribution is 0.477. The SMILES string of the molecule is CC.[B]C1(C)CCCCCC1Nc1nc(C)n(C)n1. The highest BCUT2D eigenvalue weighted by Gasteiger charge is 2.30. The zero-order valence-corrected chi connectivity index (χ0v) is 13.0. The normalized spacial score (nSPS) is 27.1. The van der Waals surface area contributed by atoms with Gasteiger partial charge in [0.05, 0.1) is 7.85 Å². The fraction of sp³-hybridized carbons (Fsp3) is 0.857. The molecule has 0 aromatic carbocycles. The van der Waals surface area contributed by atoms with E-state index < -0.39 is 0 Å². The Hall–Kier alpha value is -0.995. The van der Waals surface area contributed by atoms with Crippen molar-refractivity contribution in [2.75, 3.05) is 5.32 Å². The van der Waals surface area contributed by atoms with Crippen LogP contribution in [0.4, 0.5) is 5.95 Å². The van der Waals surface area contributed by atoms with Crippen molar-refractivity contribution >= 4 is 13.8 Å². The zero-order valence-electron chi connectivity index (χ0n) is 13.0. The first-order valence-corrected chi connectivity index (χ1v) is 7.42. The Bertz CT molecular complexity index is 367. The van der Waals surface area contributed by atoms with Crippen LogP contribution < -0.4 is 5.32 Å². The highest BCUT2D eigenvalue weighted by atomic mass is 15.4. The molecule has 1 saturated carbocycles. The first kappa shape index (κ1) is 16.1. The molecule has 5 heteroatoms.